The normalized spacial score (nSPS) is 21.4. The maximum absolute atomic E-state index is 11.4. The van der Waals surface area contributed by atoms with Gasteiger partial charge in [-0.3, -0.25) is 4.79 Å². The van der Waals surface area contributed by atoms with Crippen LogP contribution in [0.25, 0.3) is 0 Å². The van der Waals surface area contributed by atoms with E-state index in [4.69, 9.17) is 14.2 Å². The molecule has 0 bridgehead atoms. The minimum atomic E-state index is -0.405. The molecule has 0 aromatic heterocycles. The Morgan fingerprint density at radius 1 is 1.43 bits per heavy atom. The molecule has 1 atom stereocenters. The van der Waals surface area contributed by atoms with Gasteiger partial charge in [-0.25, -0.2) is 0 Å². The molecule has 1 aliphatic heterocycles. The lowest BCUT2D eigenvalue weighted by Crippen LogP contribution is -2.16. The third-order valence-corrected chi connectivity index (χ3v) is 1.94. The highest BCUT2D eigenvalue weighted by Crippen LogP contribution is 2.21. The number of ether oxygens (including phenoxy) is 3. The van der Waals surface area contributed by atoms with E-state index in [1.54, 1.807) is 13.8 Å². The van der Waals surface area contributed by atoms with E-state index >= 15 is 0 Å². The van der Waals surface area contributed by atoms with E-state index in [2.05, 4.69) is 0 Å². The summed E-state index contributed by atoms with van der Waals surface area (Å²) in [5.41, 5.74) is 0. The molecule has 1 heterocycles. The summed E-state index contributed by atoms with van der Waals surface area (Å²) in [6, 6.07) is 0. The second kappa shape index (κ2) is 5.00. The number of carbonyl (C=O) groups excluding carboxylic acids is 1. The molecule has 0 saturated heterocycles. The van der Waals surface area contributed by atoms with Crippen LogP contribution in [0.2, 0.25) is 0 Å². The zero-order valence-corrected chi connectivity index (χ0v) is 8.83. The van der Waals surface area contributed by atoms with Crippen molar-refractivity contribution in [2.24, 2.45) is 0 Å². The predicted octanol–water partition coefficient (Wildman–Crippen LogP) is 1.26. The largest absolute Gasteiger partial charge is 0.484 e. The van der Waals surface area contributed by atoms with Gasteiger partial charge in [0.1, 0.15) is 12.4 Å². The molecule has 0 aromatic carbocycles. The summed E-state index contributed by atoms with van der Waals surface area (Å²) in [5, 5.41) is 0. The Balaban J connectivity index is 2.36. The summed E-state index contributed by atoms with van der Waals surface area (Å²) < 4.78 is 15.6. The van der Waals surface area contributed by atoms with E-state index in [0.717, 1.165) is 0 Å². The van der Waals surface area contributed by atoms with E-state index in [1.165, 1.54) is 0 Å². The van der Waals surface area contributed by atoms with Crippen LogP contribution in [0, 0.1) is 0 Å². The van der Waals surface area contributed by atoms with Gasteiger partial charge in [0.15, 0.2) is 6.10 Å². The standard InChI is InChI=1S/C10H16O4/c1-4-12-5-6-13-10-8(3)14-7(2)9(10)11/h7H,4-6H2,1-3H3. The molecule has 1 aliphatic rings. The summed E-state index contributed by atoms with van der Waals surface area (Å²) in [6.45, 7) is 6.90. The van der Waals surface area contributed by atoms with Crippen molar-refractivity contribution < 1.29 is 19.0 Å². The highest BCUT2D eigenvalue weighted by Gasteiger charge is 2.30. The van der Waals surface area contributed by atoms with E-state index in [1.807, 2.05) is 6.92 Å². The highest BCUT2D eigenvalue weighted by atomic mass is 16.6. The predicted molar refractivity (Wildman–Crippen MR) is 50.7 cm³/mol. The van der Waals surface area contributed by atoms with E-state index in [-0.39, 0.29) is 5.78 Å². The molecule has 4 heteroatoms. The highest BCUT2D eigenvalue weighted by molar-refractivity contribution is 5.99. The second-order valence-corrected chi connectivity index (χ2v) is 3.06. The zero-order valence-electron chi connectivity index (χ0n) is 8.83. The van der Waals surface area contributed by atoms with Crippen LogP contribution in [-0.4, -0.2) is 31.7 Å². The summed E-state index contributed by atoms with van der Waals surface area (Å²) in [7, 11) is 0. The van der Waals surface area contributed by atoms with Crippen molar-refractivity contribution in [1.29, 1.82) is 0 Å². The smallest absolute Gasteiger partial charge is 0.240 e. The fourth-order valence-electron chi connectivity index (χ4n) is 1.25. The lowest BCUT2D eigenvalue weighted by molar-refractivity contribution is -0.123. The van der Waals surface area contributed by atoms with Gasteiger partial charge in [-0.1, -0.05) is 0 Å². The van der Waals surface area contributed by atoms with E-state index in [0.29, 0.717) is 31.3 Å². The fraction of sp³-hybridized carbons (Fsp3) is 0.700. The minimum Gasteiger partial charge on any atom is -0.484 e. The van der Waals surface area contributed by atoms with Gasteiger partial charge in [0.05, 0.1) is 6.61 Å². The Morgan fingerprint density at radius 3 is 2.64 bits per heavy atom. The molecule has 0 N–H and O–H groups in total. The Bertz CT molecular complexity index is 245. The van der Waals surface area contributed by atoms with Gasteiger partial charge in [-0.2, -0.15) is 0 Å². The van der Waals surface area contributed by atoms with Gasteiger partial charge in [0.2, 0.25) is 11.5 Å². The number of ketones is 1. The molecule has 0 aromatic rings. The first kappa shape index (κ1) is 11.0. The molecule has 14 heavy (non-hydrogen) atoms. The third kappa shape index (κ3) is 2.48. The van der Waals surface area contributed by atoms with Crippen molar-refractivity contribution in [3.63, 3.8) is 0 Å². The molecule has 0 saturated carbocycles. The van der Waals surface area contributed by atoms with Crippen molar-refractivity contribution in [3.05, 3.63) is 11.5 Å². The average Bonchev–Trinajstić information content (AvgIpc) is 2.38. The molecule has 0 amide bonds. The summed E-state index contributed by atoms with van der Waals surface area (Å²) >= 11 is 0. The van der Waals surface area contributed by atoms with Crippen molar-refractivity contribution in [3.8, 4) is 0 Å². The van der Waals surface area contributed by atoms with Gasteiger partial charge in [-0.05, 0) is 20.8 Å². The molecular weight excluding hydrogens is 184 g/mol. The third-order valence-electron chi connectivity index (χ3n) is 1.94. The first-order valence-electron chi connectivity index (χ1n) is 4.79. The Hall–Kier alpha value is -1.03. The summed E-state index contributed by atoms with van der Waals surface area (Å²) in [4.78, 5) is 11.4. The topological polar surface area (TPSA) is 44.8 Å². The van der Waals surface area contributed by atoms with Crippen LogP contribution in [0.1, 0.15) is 20.8 Å². The van der Waals surface area contributed by atoms with Crippen LogP contribution >= 0.6 is 0 Å². The van der Waals surface area contributed by atoms with Crippen molar-refractivity contribution in [2.75, 3.05) is 19.8 Å². The first-order valence-corrected chi connectivity index (χ1v) is 4.79. The molecular formula is C10H16O4. The van der Waals surface area contributed by atoms with Gasteiger partial charge in [-0.15, -0.1) is 0 Å². The Kier molecular flexibility index (Phi) is 3.95. The molecule has 1 unspecified atom stereocenters. The molecule has 0 aliphatic carbocycles. The molecule has 1 rings (SSSR count). The van der Waals surface area contributed by atoms with Crippen LogP contribution in [0.15, 0.2) is 11.5 Å². The van der Waals surface area contributed by atoms with Crippen LogP contribution in [0.5, 0.6) is 0 Å². The van der Waals surface area contributed by atoms with E-state index < -0.39 is 6.10 Å². The number of hydrogen-bond donors (Lipinski definition) is 0. The summed E-state index contributed by atoms with van der Waals surface area (Å²) in [5.74, 6) is 0.829. The Labute approximate surface area is 83.8 Å². The van der Waals surface area contributed by atoms with Crippen LogP contribution < -0.4 is 0 Å². The molecule has 4 nitrogen and oxygen atoms in total. The average molecular weight is 200 g/mol. The van der Waals surface area contributed by atoms with Gasteiger partial charge >= 0.3 is 0 Å². The van der Waals surface area contributed by atoms with Crippen LogP contribution in [0.4, 0.5) is 0 Å². The number of rotatable bonds is 5. The van der Waals surface area contributed by atoms with Gasteiger partial charge < -0.3 is 14.2 Å². The van der Waals surface area contributed by atoms with Crippen LogP contribution in [0.3, 0.4) is 0 Å². The maximum atomic E-state index is 11.4. The number of allylic oxidation sites excluding steroid dienone is 1. The second-order valence-electron chi connectivity index (χ2n) is 3.06. The van der Waals surface area contributed by atoms with Crippen molar-refractivity contribution in [2.45, 2.75) is 26.9 Å². The van der Waals surface area contributed by atoms with Gasteiger partial charge in [0.25, 0.3) is 0 Å². The zero-order chi connectivity index (χ0) is 10.6. The van der Waals surface area contributed by atoms with E-state index in [9.17, 15) is 4.79 Å². The number of hydrogen-bond acceptors (Lipinski definition) is 4. The molecule has 0 spiro atoms. The lowest BCUT2D eigenvalue weighted by atomic mass is 10.2. The maximum Gasteiger partial charge on any atom is 0.240 e. The molecule has 0 radical (unpaired) electrons. The number of Topliss-reactive ketones (excluding diaryl/α,β-unsaturated/α-hetero) is 1. The molecule has 0 fully saturated rings. The van der Waals surface area contributed by atoms with Crippen molar-refractivity contribution >= 4 is 5.78 Å². The summed E-state index contributed by atoms with van der Waals surface area (Å²) in [6.07, 6.45) is -0.405. The minimum absolute atomic E-state index is 0.0843. The SMILES string of the molecule is CCOCCOC1=C(C)OC(C)C1=O. The monoisotopic (exact) mass is 200 g/mol. The van der Waals surface area contributed by atoms with Crippen molar-refractivity contribution in [1.82, 2.24) is 0 Å². The quantitative estimate of drug-likeness (QED) is 0.627. The fourth-order valence-corrected chi connectivity index (χ4v) is 1.25. The Morgan fingerprint density at radius 2 is 2.14 bits per heavy atom. The lowest BCUT2D eigenvalue weighted by Gasteiger charge is -2.05. The van der Waals surface area contributed by atoms with Gasteiger partial charge in [0, 0.05) is 6.61 Å². The first-order chi connectivity index (χ1) is 6.66. The van der Waals surface area contributed by atoms with Crippen LogP contribution in [-0.2, 0) is 19.0 Å². The number of carbonyl (C=O) groups is 1. The molecule has 80 valence electrons.